The molecule has 0 heterocycles. The molecule has 0 nitrogen and oxygen atoms in total. The van der Waals surface area contributed by atoms with E-state index in [1.807, 2.05) is 0 Å². The van der Waals surface area contributed by atoms with Gasteiger partial charge in [-0.3, -0.25) is 0 Å². The van der Waals surface area contributed by atoms with Crippen LogP contribution in [-0.4, -0.2) is 0 Å². The van der Waals surface area contributed by atoms with Crippen LogP contribution in [0.1, 0.15) is 40.7 Å². The van der Waals surface area contributed by atoms with Crippen molar-refractivity contribution >= 4 is 11.6 Å². The van der Waals surface area contributed by atoms with Crippen LogP contribution in [-0.2, 0) is 6.42 Å². The molecule has 0 aliphatic heterocycles. The fourth-order valence-electron chi connectivity index (χ4n) is 3.23. The predicted molar refractivity (Wildman–Crippen MR) is 101 cm³/mol. The minimum Gasteiger partial charge on any atom is -0.0992 e. The van der Waals surface area contributed by atoms with Gasteiger partial charge in [0.1, 0.15) is 0 Å². The van der Waals surface area contributed by atoms with Crippen molar-refractivity contribution in [3.8, 4) is 0 Å². The van der Waals surface area contributed by atoms with Gasteiger partial charge in [0.15, 0.2) is 0 Å². The first-order valence-corrected chi connectivity index (χ1v) is 8.31. The number of fused-ring (bicyclic) bond motifs is 1. The summed E-state index contributed by atoms with van der Waals surface area (Å²) >= 11 is 0. The van der Waals surface area contributed by atoms with E-state index in [0.717, 1.165) is 19.3 Å². The highest BCUT2D eigenvalue weighted by molar-refractivity contribution is 5.74. The molecule has 0 saturated heterocycles. The van der Waals surface area contributed by atoms with Gasteiger partial charge in [0.05, 0.1) is 0 Å². The number of hydrogen-bond acceptors (Lipinski definition) is 0. The Morgan fingerprint density at radius 2 is 1.96 bits per heavy atom. The minimum absolute atomic E-state index is 0.937. The molecule has 116 valence electrons. The average Bonchev–Trinajstić information content (AvgIpc) is 2.93. The van der Waals surface area contributed by atoms with Crippen LogP contribution in [0.4, 0.5) is 0 Å². The first-order valence-electron chi connectivity index (χ1n) is 8.31. The summed E-state index contributed by atoms with van der Waals surface area (Å²) < 4.78 is 0. The lowest BCUT2D eigenvalue weighted by Gasteiger charge is -2.07. The molecule has 0 heteroatoms. The Morgan fingerprint density at radius 3 is 2.78 bits per heavy atom. The van der Waals surface area contributed by atoms with E-state index >= 15 is 0 Å². The zero-order valence-corrected chi connectivity index (χ0v) is 14.1. The molecule has 0 amide bonds. The summed E-state index contributed by atoms with van der Waals surface area (Å²) in [5, 5.41) is 0. The van der Waals surface area contributed by atoms with Crippen molar-refractivity contribution in [3.05, 3.63) is 94.6 Å². The van der Waals surface area contributed by atoms with Crippen molar-refractivity contribution < 1.29 is 0 Å². The van der Waals surface area contributed by atoms with E-state index in [9.17, 15) is 0 Å². The minimum atomic E-state index is 0.937. The molecule has 0 unspecified atom stereocenters. The summed E-state index contributed by atoms with van der Waals surface area (Å²) in [6.07, 6.45) is 9.79. The summed E-state index contributed by atoms with van der Waals surface area (Å²) in [5.41, 5.74) is 9.51. The fourth-order valence-corrected chi connectivity index (χ4v) is 3.23. The zero-order chi connectivity index (χ0) is 16.2. The van der Waals surface area contributed by atoms with Gasteiger partial charge in [0, 0.05) is 0 Å². The second-order valence-electron chi connectivity index (χ2n) is 6.48. The van der Waals surface area contributed by atoms with Crippen LogP contribution in [0, 0.1) is 13.8 Å². The van der Waals surface area contributed by atoms with Crippen LogP contribution in [0.2, 0.25) is 0 Å². The van der Waals surface area contributed by atoms with Crippen molar-refractivity contribution in [2.45, 2.75) is 33.1 Å². The molecule has 1 aliphatic rings. The first kappa shape index (κ1) is 15.6. The number of rotatable bonds is 5. The molecule has 0 bridgehead atoms. The summed E-state index contributed by atoms with van der Waals surface area (Å²) in [5.74, 6) is 0. The van der Waals surface area contributed by atoms with Crippen LogP contribution in [0.3, 0.4) is 0 Å². The molecule has 0 aromatic heterocycles. The lowest BCUT2D eigenvalue weighted by molar-refractivity contribution is 1.14. The van der Waals surface area contributed by atoms with Crippen molar-refractivity contribution in [3.63, 3.8) is 0 Å². The van der Waals surface area contributed by atoms with Crippen LogP contribution in [0.5, 0.6) is 0 Å². The zero-order valence-electron chi connectivity index (χ0n) is 14.1. The SMILES string of the molecule is C=C(CC=Cc1ccc(C)cc1C)CC1=CCc2ccccc21. The van der Waals surface area contributed by atoms with Gasteiger partial charge in [-0.25, -0.2) is 0 Å². The molecule has 0 spiro atoms. The molecule has 1 aliphatic carbocycles. The third-order valence-corrected chi connectivity index (χ3v) is 4.50. The molecular formula is C23H24. The Balaban J connectivity index is 1.59. The summed E-state index contributed by atoms with van der Waals surface area (Å²) in [6, 6.07) is 15.3. The van der Waals surface area contributed by atoms with Crippen molar-refractivity contribution in [2.24, 2.45) is 0 Å². The van der Waals surface area contributed by atoms with E-state index in [-0.39, 0.29) is 0 Å². The third kappa shape index (κ3) is 3.71. The normalized spacial score (nSPS) is 13.2. The van der Waals surface area contributed by atoms with Gasteiger partial charge in [-0.2, -0.15) is 0 Å². The Morgan fingerprint density at radius 1 is 1.13 bits per heavy atom. The van der Waals surface area contributed by atoms with E-state index < -0.39 is 0 Å². The molecule has 3 rings (SSSR count). The topological polar surface area (TPSA) is 0 Å². The molecule has 2 aromatic carbocycles. The van der Waals surface area contributed by atoms with Gasteiger partial charge < -0.3 is 0 Å². The summed E-state index contributed by atoms with van der Waals surface area (Å²) in [4.78, 5) is 0. The standard InChI is InChI=1S/C23H24/c1-17(7-6-9-20-12-11-18(2)15-19(20)3)16-22-14-13-21-8-4-5-10-23(21)22/h4-6,8-12,14-15H,1,7,13,16H2,2-3H3. The van der Waals surface area contributed by atoms with Gasteiger partial charge >= 0.3 is 0 Å². The second kappa shape index (κ2) is 6.83. The van der Waals surface area contributed by atoms with Crippen LogP contribution >= 0.6 is 0 Å². The Hall–Kier alpha value is -2.34. The average molecular weight is 300 g/mol. The van der Waals surface area contributed by atoms with Gasteiger partial charge in [0.2, 0.25) is 0 Å². The Kier molecular flexibility index (Phi) is 4.62. The molecule has 0 atom stereocenters. The lowest BCUT2D eigenvalue weighted by Crippen LogP contribution is -1.87. The molecule has 0 N–H and O–H groups in total. The molecule has 0 radical (unpaired) electrons. The van der Waals surface area contributed by atoms with E-state index in [2.05, 4.69) is 81.1 Å². The van der Waals surface area contributed by atoms with Gasteiger partial charge in [-0.15, -0.1) is 0 Å². The van der Waals surface area contributed by atoms with E-state index in [4.69, 9.17) is 0 Å². The fraction of sp³-hybridized carbons (Fsp3) is 0.217. The van der Waals surface area contributed by atoms with Crippen LogP contribution in [0.25, 0.3) is 11.6 Å². The highest BCUT2D eigenvalue weighted by Gasteiger charge is 2.13. The first-order chi connectivity index (χ1) is 11.1. The number of benzene rings is 2. The summed E-state index contributed by atoms with van der Waals surface area (Å²) in [6.45, 7) is 8.57. The predicted octanol–water partition coefficient (Wildman–Crippen LogP) is 6.29. The highest BCUT2D eigenvalue weighted by atomic mass is 14.2. The number of allylic oxidation sites excluding steroid dienone is 4. The molecule has 0 saturated carbocycles. The maximum Gasteiger partial charge on any atom is -0.00637 e. The molecule has 23 heavy (non-hydrogen) atoms. The lowest BCUT2D eigenvalue weighted by atomic mass is 9.98. The van der Waals surface area contributed by atoms with E-state index in [0.29, 0.717) is 0 Å². The molecule has 0 fully saturated rings. The second-order valence-corrected chi connectivity index (χ2v) is 6.48. The van der Waals surface area contributed by atoms with Crippen molar-refractivity contribution in [2.75, 3.05) is 0 Å². The van der Waals surface area contributed by atoms with Gasteiger partial charge in [-0.05, 0) is 60.9 Å². The van der Waals surface area contributed by atoms with Crippen molar-refractivity contribution in [1.29, 1.82) is 0 Å². The van der Waals surface area contributed by atoms with Gasteiger partial charge in [0.25, 0.3) is 0 Å². The van der Waals surface area contributed by atoms with E-state index in [1.54, 1.807) is 0 Å². The quantitative estimate of drug-likeness (QED) is 0.569. The Bertz CT molecular complexity index is 787. The smallest absolute Gasteiger partial charge is 0.00637 e. The molecule has 2 aromatic rings. The van der Waals surface area contributed by atoms with Crippen molar-refractivity contribution in [1.82, 2.24) is 0 Å². The number of aryl methyl sites for hydroxylation is 2. The maximum atomic E-state index is 4.27. The van der Waals surface area contributed by atoms with Crippen LogP contribution in [0.15, 0.2) is 66.8 Å². The third-order valence-electron chi connectivity index (χ3n) is 4.50. The highest BCUT2D eigenvalue weighted by Crippen LogP contribution is 2.32. The largest absolute Gasteiger partial charge is 0.0992 e. The Labute approximate surface area is 139 Å². The van der Waals surface area contributed by atoms with E-state index in [1.165, 1.54) is 39.0 Å². The molecular weight excluding hydrogens is 276 g/mol. The summed E-state index contributed by atoms with van der Waals surface area (Å²) in [7, 11) is 0. The monoisotopic (exact) mass is 300 g/mol. The van der Waals surface area contributed by atoms with Gasteiger partial charge in [-0.1, -0.05) is 78.4 Å². The maximum absolute atomic E-state index is 4.27. The van der Waals surface area contributed by atoms with Crippen LogP contribution < -0.4 is 0 Å². The number of hydrogen-bond donors (Lipinski definition) is 0.